The molecular formula is C16H19NO4. The molecule has 1 aliphatic carbocycles. The Bertz CT molecular complexity index is 637. The van der Waals surface area contributed by atoms with E-state index in [0.29, 0.717) is 10.8 Å². The molecule has 1 aromatic heterocycles. The molecule has 112 valence electrons. The van der Waals surface area contributed by atoms with Crippen molar-refractivity contribution in [2.75, 3.05) is 0 Å². The number of hydrogen-bond donors (Lipinski definition) is 2. The van der Waals surface area contributed by atoms with E-state index in [1.54, 1.807) is 24.3 Å². The highest BCUT2D eigenvalue weighted by Gasteiger charge is 2.31. The third-order valence-electron chi connectivity index (χ3n) is 4.39. The largest absolute Gasteiger partial charge is 0.492 e. The molecule has 0 aliphatic heterocycles. The Balaban J connectivity index is 1.89. The topological polar surface area (TPSA) is 71.7 Å². The number of carbonyl (C=O) groups excluding carboxylic acids is 1. The third-order valence-corrected chi connectivity index (χ3v) is 4.39. The molecule has 5 heteroatoms. The SMILES string of the molecule is CC1CCCCC1C(=O)On1c(O)c2ccccc2c1O. The molecule has 2 N–H and O–H groups in total. The van der Waals surface area contributed by atoms with E-state index in [4.69, 9.17) is 4.84 Å². The first-order chi connectivity index (χ1) is 10.1. The summed E-state index contributed by atoms with van der Waals surface area (Å²) in [6.07, 6.45) is 3.94. The van der Waals surface area contributed by atoms with Gasteiger partial charge in [-0.05, 0) is 30.9 Å². The summed E-state index contributed by atoms with van der Waals surface area (Å²) < 4.78 is 0.828. The Morgan fingerprint density at radius 1 is 1.14 bits per heavy atom. The van der Waals surface area contributed by atoms with Crippen LogP contribution in [0.15, 0.2) is 24.3 Å². The summed E-state index contributed by atoms with van der Waals surface area (Å²) in [6, 6.07) is 6.82. The maximum atomic E-state index is 12.3. The van der Waals surface area contributed by atoms with E-state index in [1.807, 2.05) is 6.92 Å². The van der Waals surface area contributed by atoms with E-state index in [2.05, 4.69) is 0 Å². The monoisotopic (exact) mass is 289 g/mol. The van der Waals surface area contributed by atoms with Crippen LogP contribution in [0.5, 0.6) is 11.8 Å². The van der Waals surface area contributed by atoms with E-state index in [9.17, 15) is 15.0 Å². The standard InChI is InChI=1S/C16H19NO4/c1-10-6-2-3-7-11(10)16(20)21-17-14(18)12-8-4-5-9-13(12)15(17)19/h4-5,8-11,18-19H,2-3,6-7H2,1H3. The van der Waals surface area contributed by atoms with Gasteiger partial charge >= 0.3 is 5.97 Å². The predicted molar refractivity (Wildman–Crippen MR) is 78.0 cm³/mol. The Morgan fingerprint density at radius 3 is 2.29 bits per heavy atom. The van der Waals surface area contributed by atoms with Gasteiger partial charge in [0, 0.05) is 0 Å². The lowest BCUT2D eigenvalue weighted by Gasteiger charge is -2.26. The molecule has 1 aromatic carbocycles. The van der Waals surface area contributed by atoms with Crippen molar-refractivity contribution in [2.24, 2.45) is 11.8 Å². The summed E-state index contributed by atoms with van der Waals surface area (Å²) in [7, 11) is 0. The lowest BCUT2D eigenvalue weighted by atomic mass is 9.80. The maximum absolute atomic E-state index is 12.3. The van der Waals surface area contributed by atoms with Crippen LogP contribution < -0.4 is 4.84 Å². The Morgan fingerprint density at radius 2 is 1.71 bits per heavy atom. The number of hydrogen-bond acceptors (Lipinski definition) is 4. The Kier molecular flexibility index (Phi) is 3.49. The lowest BCUT2D eigenvalue weighted by Crippen LogP contribution is -2.32. The minimum atomic E-state index is -0.395. The summed E-state index contributed by atoms with van der Waals surface area (Å²) in [5, 5.41) is 21.1. The van der Waals surface area contributed by atoms with Crippen LogP contribution in [0, 0.1) is 11.8 Å². The van der Waals surface area contributed by atoms with E-state index < -0.39 is 5.97 Å². The van der Waals surface area contributed by atoms with Gasteiger partial charge in [-0.2, -0.15) is 0 Å². The second-order valence-corrected chi connectivity index (χ2v) is 5.77. The number of aromatic hydroxyl groups is 2. The highest BCUT2D eigenvalue weighted by atomic mass is 16.7. The molecule has 0 bridgehead atoms. The fourth-order valence-electron chi connectivity index (χ4n) is 3.10. The molecule has 0 amide bonds. The van der Waals surface area contributed by atoms with Crippen molar-refractivity contribution in [3.05, 3.63) is 24.3 Å². The van der Waals surface area contributed by atoms with Crippen LogP contribution in [0.25, 0.3) is 10.8 Å². The molecule has 3 rings (SSSR count). The van der Waals surface area contributed by atoms with Crippen molar-refractivity contribution in [1.29, 1.82) is 0 Å². The van der Waals surface area contributed by atoms with E-state index >= 15 is 0 Å². The first-order valence-electron chi connectivity index (χ1n) is 7.33. The summed E-state index contributed by atoms with van der Waals surface area (Å²) in [4.78, 5) is 17.5. The zero-order valence-corrected chi connectivity index (χ0v) is 12.0. The second kappa shape index (κ2) is 5.31. The fraction of sp³-hybridized carbons (Fsp3) is 0.438. The minimum Gasteiger partial charge on any atom is -0.492 e. The van der Waals surface area contributed by atoms with Gasteiger partial charge in [0.15, 0.2) is 0 Å². The highest BCUT2D eigenvalue weighted by Crippen LogP contribution is 2.36. The van der Waals surface area contributed by atoms with Gasteiger partial charge < -0.3 is 15.1 Å². The highest BCUT2D eigenvalue weighted by molar-refractivity contribution is 5.93. The molecule has 1 saturated carbocycles. The number of carbonyl (C=O) groups is 1. The maximum Gasteiger partial charge on any atom is 0.336 e. The van der Waals surface area contributed by atoms with Crippen molar-refractivity contribution < 1.29 is 19.8 Å². The van der Waals surface area contributed by atoms with Gasteiger partial charge in [0.25, 0.3) is 0 Å². The van der Waals surface area contributed by atoms with Crippen LogP contribution in [0.1, 0.15) is 32.6 Å². The van der Waals surface area contributed by atoms with Crippen molar-refractivity contribution in [3.8, 4) is 11.8 Å². The summed E-state index contributed by atoms with van der Waals surface area (Å²) >= 11 is 0. The smallest absolute Gasteiger partial charge is 0.336 e. The number of aromatic nitrogens is 1. The van der Waals surface area contributed by atoms with Crippen LogP contribution in [-0.2, 0) is 4.79 Å². The molecule has 2 unspecified atom stereocenters. The van der Waals surface area contributed by atoms with Crippen LogP contribution in [-0.4, -0.2) is 20.9 Å². The molecule has 2 aromatic rings. The zero-order valence-electron chi connectivity index (χ0n) is 12.0. The molecule has 0 spiro atoms. The van der Waals surface area contributed by atoms with Gasteiger partial charge in [0.2, 0.25) is 11.8 Å². The normalized spacial score (nSPS) is 22.3. The van der Waals surface area contributed by atoms with E-state index in [0.717, 1.165) is 30.4 Å². The molecule has 0 saturated heterocycles. The average molecular weight is 289 g/mol. The van der Waals surface area contributed by atoms with Crippen LogP contribution >= 0.6 is 0 Å². The molecular weight excluding hydrogens is 270 g/mol. The number of fused-ring (bicyclic) bond motifs is 1. The summed E-state index contributed by atoms with van der Waals surface area (Å²) in [6.45, 7) is 2.04. The Labute approximate surface area is 122 Å². The summed E-state index contributed by atoms with van der Waals surface area (Å²) in [5.41, 5.74) is 0. The van der Waals surface area contributed by atoms with Crippen molar-refractivity contribution >= 4 is 16.7 Å². The van der Waals surface area contributed by atoms with Crippen molar-refractivity contribution in [2.45, 2.75) is 32.6 Å². The second-order valence-electron chi connectivity index (χ2n) is 5.77. The minimum absolute atomic E-state index is 0.178. The van der Waals surface area contributed by atoms with Crippen molar-refractivity contribution in [1.82, 2.24) is 4.73 Å². The van der Waals surface area contributed by atoms with Gasteiger partial charge in [0.05, 0.1) is 16.7 Å². The van der Waals surface area contributed by atoms with Gasteiger partial charge in [0.1, 0.15) is 0 Å². The summed E-state index contributed by atoms with van der Waals surface area (Å²) in [5.74, 6) is -0.809. The molecule has 21 heavy (non-hydrogen) atoms. The number of benzene rings is 1. The van der Waals surface area contributed by atoms with Gasteiger partial charge in [-0.15, -0.1) is 4.73 Å². The average Bonchev–Trinajstić information content (AvgIpc) is 2.73. The molecule has 0 radical (unpaired) electrons. The Hall–Kier alpha value is -2.17. The lowest BCUT2D eigenvalue weighted by molar-refractivity contribution is -0.153. The fourth-order valence-corrected chi connectivity index (χ4v) is 3.10. The first kappa shape index (κ1) is 13.8. The van der Waals surface area contributed by atoms with Gasteiger partial charge in [-0.3, -0.25) is 0 Å². The predicted octanol–water partition coefficient (Wildman–Crippen LogP) is 2.83. The van der Waals surface area contributed by atoms with Crippen molar-refractivity contribution in [3.63, 3.8) is 0 Å². The first-order valence-corrected chi connectivity index (χ1v) is 7.33. The zero-order chi connectivity index (χ0) is 15.0. The van der Waals surface area contributed by atoms with E-state index in [-0.39, 0.29) is 23.6 Å². The van der Waals surface area contributed by atoms with E-state index in [1.165, 1.54) is 0 Å². The number of nitrogens with zero attached hydrogens (tertiary/aromatic N) is 1. The van der Waals surface area contributed by atoms with Crippen LogP contribution in [0.4, 0.5) is 0 Å². The molecule has 1 heterocycles. The molecule has 5 nitrogen and oxygen atoms in total. The molecule has 2 atom stereocenters. The molecule has 1 aliphatic rings. The van der Waals surface area contributed by atoms with Crippen LogP contribution in [0.3, 0.4) is 0 Å². The van der Waals surface area contributed by atoms with Gasteiger partial charge in [-0.25, -0.2) is 4.79 Å². The van der Waals surface area contributed by atoms with Gasteiger partial charge in [-0.1, -0.05) is 31.9 Å². The third kappa shape index (κ3) is 2.33. The molecule has 1 fully saturated rings. The van der Waals surface area contributed by atoms with Crippen LogP contribution in [0.2, 0.25) is 0 Å². The number of rotatable bonds is 2. The quantitative estimate of drug-likeness (QED) is 0.891.